The largest absolute Gasteiger partial charge is 0.350 e. The zero-order valence-corrected chi connectivity index (χ0v) is 20.6. The Morgan fingerprint density at radius 1 is 1.11 bits per heavy atom. The maximum Gasteiger partial charge on any atom is 0.350 e. The van der Waals surface area contributed by atoms with Gasteiger partial charge in [-0.3, -0.25) is 9.78 Å². The fourth-order valence-electron chi connectivity index (χ4n) is 5.08. The summed E-state index contributed by atoms with van der Waals surface area (Å²) in [6, 6.07) is 12.4. The van der Waals surface area contributed by atoms with Gasteiger partial charge in [-0.05, 0) is 60.6 Å². The van der Waals surface area contributed by atoms with Crippen molar-refractivity contribution in [1.82, 2.24) is 24.2 Å². The molecule has 7 nitrogen and oxygen atoms in total. The Morgan fingerprint density at radius 3 is 2.67 bits per heavy atom. The Hall–Kier alpha value is -3.52. The minimum Gasteiger partial charge on any atom is -0.342 e. The fourth-order valence-corrected chi connectivity index (χ4v) is 5.24. The monoisotopic (exact) mass is 505 g/mol. The molecule has 4 aromatic rings. The molecule has 0 bridgehead atoms. The Kier molecular flexibility index (Phi) is 5.63. The van der Waals surface area contributed by atoms with Crippen molar-refractivity contribution < 1.29 is 9.18 Å². The summed E-state index contributed by atoms with van der Waals surface area (Å²) in [5.74, 6) is 0.621. The minimum atomic E-state index is -0.509. The van der Waals surface area contributed by atoms with E-state index in [0.29, 0.717) is 29.4 Å². The van der Waals surface area contributed by atoms with Gasteiger partial charge in [-0.25, -0.2) is 18.4 Å². The van der Waals surface area contributed by atoms with Crippen LogP contribution in [-0.2, 0) is 18.3 Å². The lowest BCUT2D eigenvalue weighted by molar-refractivity contribution is -0.131. The van der Waals surface area contributed by atoms with Crippen LogP contribution in [0.4, 0.5) is 4.39 Å². The molecule has 2 aromatic carbocycles. The minimum absolute atomic E-state index is 0.168. The lowest BCUT2D eigenvalue weighted by Crippen LogP contribution is -2.30. The smallest absolute Gasteiger partial charge is 0.342 e. The van der Waals surface area contributed by atoms with Gasteiger partial charge < -0.3 is 4.90 Å². The van der Waals surface area contributed by atoms with Gasteiger partial charge in [0.1, 0.15) is 11.6 Å². The van der Waals surface area contributed by atoms with Gasteiger partial charge in [-0.2, -0.15) is 5.10 Å². The van der Waals surface area contributed by atoms with Crippen LogP contribution in [0.2, 0.25) is 5.02 Å². The number of aryl methyl sites for hydroxylation is 1. The quantitative estimate of drug-likeness (QED) is 0.403. The molecule has 1 aliphatic heterocycles. The van der Waals surface area contributed by atoms with E-state index in [4.69, 9.17) is 11.6 Å². The first-order chi connectivity index (χ1) is 17.4. The maximum absolute atomic E-state index is 15.5. The number of carbonyl (C=O) groups excluding carboxylic acids is 1. The van der Waals surface area contributed by atoms with E-state index in [1.807, 2.05) is 29.2 Å². The molecule has 36 heavy (non-hydrogen) atoms. The Labute approximate surface area is 212 Å². The highest BCUT2D eigenvalue weighted by Gasteiger charge is 2.37. The molecule has 0 N–H and O–H groups in total. The molecule has 1 atom stereocenters. The molecular weight excluding hydrogens is 481 g/mol. The highest BCUT2D eigenvalue weighted by Crippen LogP contribution is 2.33. The molecule has 0 radical (unpaired) electrons. The Bertz CT molecular complexity index is 1560. The predicted molar refractivity (Wildman–Crippen MR) is 136 cm³/mol. The van der Waals surface area contributed by atoms with Crippen molar-refractivity contribution >= 4 is 28.4 Å². The number of halogens is 2. The molecule has 0 unspecified atom stereocenters. The van der Waals surface area contributed by atoms with Crippen LogP contribution in [-0.4, -0.2) is 43.2 Å². The highest BCUT2D eigenvalue weighted by atomic mass is 35.5. The highest BCUT2D eigenvalue weighted by molar-refractivity contribution is 6.31. The van der Waals surface area contributed by atoms with Crippen molar-refractivity contribution in [2.45, 2.75) is 25.7 Å². The molecule has 184 valence electrons. The number of amides is 1. The van der Waals surface area contributed by atoms with Crippen LogP contribution in [0.5, 0.6) is 0 Å². The average molecular weight is 506 g/mol. The number of hydrogen-bond acceptors (Lipinski definition) is 4. The summed E-state index contributed by atoms with van der Waals surface area (Å²) in [6.45, 7) is 1.38. The van der Waals surface area contributed by atoms with E-state index in [2.05, 4.69) is 10.1 Å². The van der Waals surface area contributed by atoms with Gasteiger partial charge in [0, 0.05) is 44.1 Å². The molecule has 1 amide bonds. The van der Waals surface area contributed by atoms with Crippen molar-refractivity contribution in [2.75, 3.05) is 13.1 Å². The number of benzene rings is 2. The van der Waals surface area contributed by atoms with E-state index in [1.54, 1.807) is 25.4 Å². The van der Waals surface area contributed by atoms with Crippen LogP contribution in [0.15, 0.2) is 53.5 Å². The van der Waals surface area contributed by atoms with E-state index < -0.39 is 11.5 Å². The van der Waals surface area contributed by atoms with E-state index in [-0.39, 0.29) is 23.4 Å². The number of rotatable bonds is 5. The van der Waals surface area contributed by atoms with Crippen molar-refractivity contribution in [1.29, 1.82) is 0 Å². The lowest BCUT2D eigenvalue weighted by Gasteiger charge is -2.16. The molecule has 2 aliphatic rings. The molecule has 2 aromatic heterocycles. The zero-order chi connectivity index (χ0) is 25.0. The van der Waals surface area contributed by atoms with Gasteiger partial charge in [-0.15, -0.1) is 0 Å². The summed E-state index contributed by atoms with van der Waals surface area (Å²) in [5.41, 5.74) is 2.03. The number of hydrogen-bond donors (Lipinski definition) is 0. The average Bonchev–Trinajstić information content (AvgIpc) is 3.55. The molecule has 1 saturated carbocycles. The summed E-state index contributed by atoms with van der Waals surface area (Å²) in [4.78, 5) is 31.6. The molecule has 6 rings (SSSR count). The van der Waals surface area contributed by atoms with Crippen LogP contribution >= 0.6 is 11.6 Å². The molecule has 0 spiro atoms. The SMILES string of the molecule is Cn1nc(C[C@@H]2CCN(C(=O)C3CC3)C2)n(-c2ccc(-c3ccc4cc(Cl)cnc4c3)cc2F)c1=O. The Balaban J connectivity index is 1.28. The third-order valence-electron chi connectivity index (χ3n) is 7.16. The van der Waals surface area contributed by atoms with Gasteiger partial charge in [0.2, 0.25) is 5.91 Å². The van der Waals surface area contributed by atoms with E-state index in [9.17, 15) is 9.59 Å². The van der Waals surface area contributed by atoms with Gasteiger partial charge >= 0.3 is 5.69 Å². The van der Waals surface area contributed by atoms with Crippen molar-refractivity contribution in [3.8, 4) is 16.8 Å². The number of fused-ring (bicyclic) bond motifs is 1. The molecule has 3 heterocycles. The second-order valence-electron chi connectivity index (χ2n) is 9.80. The first-order valence-corrected chi connectivity index (χ1v) is 12.5. The van der Waals surface area contributed by atoms with Crippen molar-refractivity contribution in [3.63, 3.8) is 0 Å². The molecule has 9 heteroatoms. The summed E-state index contributed by atoms with van der Waals surface area (Å²) in [6.07, 6.45) is 4.91. The molecule has 1 saturated heterocycles. The molecule has 2 fully saturated rings. The molecule has 1 aliphatic carbocycles. The summed E-state index contributed by atoms with van der Waals surface area (Å²) >= 11 is 6.02. The summed E-state index contributed by atoms with van der Waals surface area (Å²) < 4.78 is 18.0. The first-order valence-electron chi connectivity index (χ1n) is 12.2. The summed E-state index contributed by atoms with van der Waals surface area (Å²) in [5, 5.41) is 5.87. The number of carbonyl (C=O) groups is 1. The Morgan fingerprint density at radius 2 is 1.89 bits per heavy atom. The second-order valence-corrected chi connectivity index (χ2v) is 10.2. The fraction of sp³-hybridized carbons (Fsp3) is 0.333. The van der Waals surface area contributed by atoms with E-state index in [0.717, 1.165) is 42.3 Å². The van der Waals surface area contributed by atoms with E-state index in [1.165, 1.54) is 15.3 Å². The second kappa shape index (κ2) is 8.85. The van der Waals surface area contributed by atoms with Crippen molar-refractivity contribution in [2.24, 2.45) is 18.9 Å². The number of pyridine rings is 1. The van der Waals surface area contributed by atoms with Crippen LogP contribution in [0.25, 0.3) is 27.7 Å². The number of aromatic nitrogens is 4. The van der Waals surface area contributed by atoms with Crippen molar-refractivity contribution in [3.05, 3.63) is 75.8 Å². The predicted octanol–water partition coefficient (Wildman–Crippen LogP) is 4.38. The zero-order valence-electron chi connectivity index (χ0n) is 19.8. The van der Waals surface area contributed by atoms with Gasteiger partial charge in [0.15, 0.2) is 0 Å². The van der Waals surface area contributed by atoms with Gasteiger partial charge in [-0.1, -0.05) is 29.8 Å². The van der Waals surface area contributed by atoms with E-state index >= 15 is 4.39 Å². The summed E-state index contributed by atoms with van der Waals surface area (Å²) in [7, 11) is 1.57. The third-order valence-corrected chi connectivity index (χ3v) is 7.37. The molecular formula is C27H25ClFN5O2. The topological polar surface area (TPSA) is 73.0 Å². The first kappa shape index (κ1) is 22.9. The van der Waals surface area contributed by atoms with Crippen LogP contribution in [0.1, 0.15) is 25.1 Å². The normalized spacial score (nSPS) is 17.8. The maximum atomic E-state index is 15.5. The standard InChI is InChI=1S/C27H25ClFN5O2/c1-32-27(36)34(25(31-32)10-16-8-9-33(15-16)26(35)17-2-3-17)24-7-6-18(12-22(24)29)19-4-5-20-11-21(28)14-30-23(20)13-19/h4-7,11-14,16-17H,2-3,8-10,15H2,1H3/t16-/m0/s1. The van der Waals surface area contributed by atoms with Crippen LogP contribution < -0.4 is 5.69 Å². The van der Waals surface area contributed by atoms with Gasteiger partial charge in [0.25, 0.3) is 0 Å². The lowest BCUT2D eigenvalue weighted by atomic mass is 10.0. The van der Waals surface area contributed by atoms with Crippen LogP contribution in [0, 0.1) is 17.7 Å². The van der Waals surface area contributed by atoms with Gasteiger partial charge in [0.05, 0.1) is 16.2 Å². The third kappa shape index (κ3) is 4.19. The van der Waals surface area contributed by atoms with Crippen LogP contribution in [0.3, 0.4) is 0 Å². The number of nitrogens with zero attached hydrogens (tertiary/aromatic N) is 5. The number of likely N-dealkylation sites (tertiary alicyclic amines) is 1.